The van der Waals surface area contributed by atoms with Crippen LogP contribution in [0.1, 0.15) is 39.0 Å². The van der Waals surface area contributed by atoms with E-state index in [1.807, 2.05) is 10.9 Å². The molecule has 4 nitrogen and oxygen atoms in total. The second-order valence-corrected chi connectivity index (χ2v) is 5.14. The summed E-state index contributed by atoms with van der Waals surface area (Å²) in [6.07, 6.45) is 10.5. The third kappa shape index (κ3) is 4.33. The maximum atomic E-state index is 5.65. The van der Waals surface area contributed by atoms with Crippen LogP contribution in [0.2, 0.25) is 0 Å². The molecular weight excluding hydrogens is 226 g/mol. The van der Waals surface area contributed by atoms with Crippen LogP contribution >= 0.6 is 0 Å². The molecule has 0 aromatic carbocycles. The van der Waals surface area contributed by atoms with Crippen molar-refractivity contribution in [2.45, 2.75) is 45.6 Å². The number of rotatable bonds is 8. The summed E-state index contributed by atoms with van der Waals surface area (Å²) < 4.78 is 7.58. The predicted octanol–water partition coefficient (Wildman–Crippen LogP) is 2.45. The van der Waals surface area contributed by atoms with E-state index < -0.39 is 0 Å². The highest BCUT2D eigenvalue weighted by atomic mass is 16.5. The van der Waals surface area contributed by atoms with E-state index in [-0.39, 0.29) is 0 Å². The zero-order chi connectivity index (χ0) is 12.6. The van der Waals surface area contributed by atoms with Crippen LogP contribution in [-0.4, -0.2) is 29.5 Å². The highest BCUT2D eigenvalue weighted by molar-refractivity contribution is 5.11. The Morgan fingerprint density at radius 2 is 2.28 bits per heavy atom. The molecule has 1 saturated carbocycles. The van der Waals surface area contributed by atoms with Crippen molar-refractivity contribution in [3.63, 3.8) is 0 Å². The van der Waals surface area contributed by atoms with Gasteiger partial charge < -0.3 is 10.1 Å². The number of aryl methyl sites for hydroxylation is 1. The SMILES string of the molecule is CCCn1cc(OCCNCC2CCCC2)cn1. The third-order valence-corrected chi connectivity index (χ3v) is 3.52. The Morgan fingerprint density at radius 3 is 3.06 bits per heavy atom. The average molecular weight is 251 g/mol. The first-order chi connectivity index (χ1) is 8.88. The van der Waals surface area contributed by atoms with Crippen molar-refractivity contribution in [1.82, 2.24) is 15.1 Å². The summed E-state index contributed by atoms with van der Waals surface area (Å²) in [6, 6.07) is 0. The lowest BCUT2D eigenvalue weighted by molar-refractivity contribution is 0.308. The van der Waals surface area contributed by atoms with Crippen LogP contribution in [0.25, 0.3) is 0 Å². The summed E-state index contributed by atoms with van der Waals surface area (Å²) in [5.74, 6) is 1.78. The molecular formula is C14H25N3O. The maximum Gasteiger partial charge on any atom is 0.157 e. The fraction of sp³-hybridized carbons (Fsp3) is 0.786. The normalized spacial score (nSPS) is 16.3. The molecule has 0 unspecified atom stereocenters. The molecule has 0 atom stereocenters. The fourth-order valence-corrected chi connectivity index (χ4v) is 2.53. The van der Waals surface area contributed by atoms with E-state index >= 15 is 0 Å². The van der Waals surface area contributed by atoms with Crippen molar-refractivity contribution in [3.8, 4) is 5.75 Å². The monoisotopic (exact) mass is 251 g/mol. The van der Waals surface area contributed by atoms with Crippen LogP contribution in [0.4, 0.5) is 0 Å². The Balaban J connectivity index is 1.54. The van der Waals surface area contributed by atoms with Crippen LogP contribution in [0.15, 0.2) is 12.4 Å². The molecule has 1 fully saturated rings. The summed E-state index contributed by atoms with van der Waals surface area (Å²) in [6.45, 7) is 5.91. The van der Waals surface area contributed by atoms with Crippen molar-refractivity contribution in [1.29, 1.82) is 0 Å². The van der Waals surface area contributed by atoms with Gasteiger partial charge in [0.1, 0.15) is 6.61 Å². The summed E-state index contributed by atoms with van der Waals surface area (Å²) in [4.78, 5) is 0. The summed E-state index contributed by atoms with van der Waals surface area (Å²) in [5, 5.41) is 7.72. The lowest BCUT2D eigenvalue weighted by atomic mass is 10.1. The Labute approximate surface area is 110 Å². The van der Waals surface area contributed by atoms with E-state index in [1.165, 1.54) is 25.7 Å². The minimum Gasteiger partial charge on any atom is -0.489 e. The smallest absolute Gasteiger partial charge is 0.157 e. The lowest BCUT2D eigenvalue weighted by Crippen LogP contribution is -2.26. The van der Waals surface area contributed by atoms with Crippen molar-refractivity contribution in [2.24, 2.45) is 5.92 Å². The van der Waals surface area contributed by atoms with Crippen LogP contribution < -0.4 is 10.1 Å². The van der Waals surface area contributed by atoms with Gasteiger partial charge in [-0.1, -0.05) is 19.8 Å². The molecule has 1 heterocycles. The van der Waals surface area contributed by atoms with Crippen molar-refractivity contribution in [2.75, 3.05) is 19.7 Å². The van der Waals surface area contributed by atoms with Crippen LogP contribution in [0.5, 0.6) is 5.75 Å². The fourth-order valence-electron chi connectivity index (χ4n) is 2.53. The molecule has 0 aliphatic heterocycles. The number of ether oxygens (including phenoxy) is 1. The molecule has 0 spiro atoms. The van der Waals surface area contributed by atoms with Gasteiger partial charge in [0.2, 0.25) is 0 Å². The summed E-state index contributed by atoms with van der Waals surface area (Å²) in [7, 11) is 0. The van der Waals surface area contributed by atoms with Crippen LogP contribution in [-0.2, 0) is 6.54 Å². The highest BCUT2D eigenvalue weighted by Gasteiger charge is 2.13. The number of hydrogen-bond donors (Lipinski definition) is 1. The molecule has 0 bridgehead atoms. The second kappa shape index (κ2) is 7.41. The summed E-state index contributed by atoms with van der Waals surface area (Å²) >= 11 is 0. The van der Waals surface area contributed by atoms with Gasteiger partial charge in [-0.05, 0) is 31.7 Å². The van der Waals surface area contributed by atoms with Gasteiger partial charge in [-0.25, -0.2) is 0 Å². The van der Waals surface area contributed by atoms with Crippen molar-refractivity contribution in [3.05, 3.63) is 12.4 Å². The molecule has 4 heteroatoms. The Kier molecular flexibility index (Phi) is 5.52. The standard InChI is InChI=1S/C14H25N3O/c1-2-8-17-12-14(11-16-17)18-9-7-15-10-13-5-3-4-6-13/h11-13,15H,2-10H2,1H3. The third-order valence-electron chi connectivity index (χ3n) is 3.52. The van der Waals surface area contributed by atoms with Crippen LogP contribution in [0.3, 0.4) is 0 Å². The van der Waals surface area contributed by atoms with Gasteiger partial charge >= 0.3 is 0 Å². The van der Waals surface area contributed by atoms with Gasteiger partial charge in [0, 0.05) is 13.1 Å². The molecule has 1 aromatic heterocycles. The molecule has 1 aromatic rings. The quantitative estimate of drug-likeness (QED) is 0.721. The topological polar surface area (TPSA) is 39.1 Å². The van der Waals surface area contributed by atoms with Crippen LogP contribution in [0, 0.1) is 5.92 Å². The van der Waals surface area contributed by atoms with Crippen molar-refractivity contribution >= 4 is 0 Å². The van der Waals surface area contributed by atoms with Gasteiger partial charge in [0.15, 0.2) is 5.75 Å². The molecule has 0 saturated heterocycles. The Morgan fingerprint density at radius 1 is 1.44 bits per heavy atom. The molecule has 2 rings (SSSR count). The Bertz CT molecular complexity index is 332. The number of nitrogens with one attached hydrogen (secondary N) is 1. The molecule has 0 radical (unpaired) electrons. The van der Waals surface area contributed by atoms with Crippen molar-refractivity contribution < 1.29 is 4.74 Å². The van der Waals surface area contributed by atoms with E-state index in [9.17, 15) is 0 Å². The van der Waals surface area contributed by atoms with Gasteiger partial charge in [-0.3, -0.25) is 4.68 Å². The lowest BCUT2D eigenvalue weighted by Gasteiger charge is -2.10. The number of hydrogen-bond acceptors (Lipinski definition) is 3. The van der Waals surface area contributed by atoms with E-state index in [1.54, 1.807) is 6.20 Å². The van der Waals surface area contributed by atoms with Gasteiger partial charge in [-0.15, -0.1) is 0 Å². The maximum absolute atomic E-state index is 5.65. The molecule has 102 valence electrons. The largest absolute Gasteiger partial charge is 0.489 e. The Hall–Kier alpha value is -1.03. The molecule has 0 amide bonds. The average Bonchev–Trinajstić information content (AvgIpc) is 3.01. The zero-order valence-electron chi connectivity index (χ0n) is 11.4. The van der Waals surface area contributed by atoms with Gasteiger partial charge in [-0.2, -0.15) is 5.10 Å². The highest BCUT2D eigenvalue weighted by Crippen LogP contribution is 2.23. The molecule has 1 aliphatic rings. The first kappa shape index (κ1) is 13.4. The van der Waals surface area contributed by atoms with Gasteiger partial charge in [0.05, 0.1) is 12.4 Å². The molecule has 1 aliphatic carbocycles. The first-order valence-corrected chi connectivity index (χ1v) is 7.24. The minimum absolute atomic E-state index is 0.727. The van der Waals surface area contributed by atoms with E-state index in [4.69, 9.17) is 4.74 Å². The van der Waals surface area contributed by atoms with E-state index in [0.29, 0.717) is 0 Å². The zero-order valence-corrected chi connectivity index (χ0v) is 11.4. The second-order valence-electron chi connectivity index (χ2n) is 5.14. The molecule has 1 N–H and O–H groups in total. The predicted molar refractivity (Wildman–Crippen MR) is 72.8 cm³/mol. The number of nitrogens with zero attached hydrogens (tertiary/aromatic N) is 2. The van der Waals surface area contributed by atoms with E-state index in [2.05, 4.69) is 17.3 Å². The summed E-state index contributed by atoms with van der Waals surface area (Å²) in [5.41, 5.74) is 0. The minimum atomic E-state index is 0.727. The van der Waals surface area contributed by atoms with Gasteiger partial charge in [0.25, 0.3) is 0 Å². The molecule has 18 heavy (non-hydrogen) atoms. The number of aromatic nitrogens is 2. The van der Waals surface area contributed by atoms with E-state index in [0.717, 1.165) is 44.3 Å². The first-order valence-electron chi connectivity index (χ1n) is 7.24.